The monoisotopic (exact) mass is 197 g/mol. The molecule has 0 saturated carbocycles. The van der Waals surface area contributed by atoms with Gasteiger partial charge in [-0.3, -0.25) is 0 Å². The van der Waals surface area contributed by atoms with Crippen LogP contribution < -0.4 is 5.32 Å². The van der Waals surface area contributed by atoms with E-state index in [9.17, 15) is 0 Å². The van der Waals surface area contributed by atoms with Crippen molar-refractivity contribution < 1.29 is 0 Å². The summed E-state index contributed by atoms with van der Waals surface area (Å²) in [6.07, 6.45) is 0. The Morgan fingerprint density at radius 2 is 2.10 bits per heavy atom. The van der Waals surface area contributed by atoms with Crippen molar-refractivity contribution in [1.82, 2.24) is 5.32 Å². The summed E-state index contributed by atoms with van der Waals surface area (Å²) in [4.78, 5) is 0. The summed E-state index contributed by atoms with van der Waals surface area (Å²) >= 11 is 13.7. The van der Waals surface area contributed by atoms with Gasteiger partial charge < -0.3 is 5.32 Å². The Morgan fingerprint density at radius 1 is 1.70 bits per heavy atom. The Labute approximate surface area is 78.2 Å². The highest BCUT2D eigenvalue weighted by Crippen LogP contribution is 1.92. The van der Waals surface area contributed by atoms with Gasteiger partial charge >= 0.3 is 0 Å². The molecule has 1 N–H and O–H groups in total. The van der Waals surface area contributed by atoms with Crippen molar-refractivity contribution in [1.29, 1.82) is 0 Å². The van der Waals surface area contributed by atoms with Gasteiger partial charge in [-0.25, -0.2) is 0 Å². The van der Waals surface area contributed by atoms with E-state index >= 15 is 0 Å². The van der Waals surface area contributed by atoms with Crippen LogP contribution >= 0.6 is 36.4 Å². The summed E-state index contributed by atoms with van der Waals surface area (Å²) < 4.78 is 0.437. The minimum absolute atomic E-state index is 0.437. The van der Waals surface area contributed by atoms with E-state index in [0.717, 1.165) is 0 Å². The molecule has 0 aliphatic carbocycles. The van der Waals surface area contributed by atoms with Gasteiger partial charge in [0.2, 0.25) is 0 Å². The Kier molecular flexibility index (Phi) is 12.0. The van der Waals surface area contributed by atoms with E-state index in [1.54, 1.807) is 0 Å². The van der Waals surface area contributed by atoms with Gasteiger partial charge in [-0.05, 0) is 0 Å². The van der Waals surface area contributed by atoms with E-state index < -0.39 is 0 Å². The lowest BCUT2D eigenvalue weighted by Gasteiger charge is -1.97. The number of thiol groups is 1. The third-order valence-electron chi connectivity index (χ3n) is 0.431. The van der Waals surface area contributed by atoms with Crippen LogP contribution in [0.2, 0.25) is 0 Å². The first kappa shape index (κ1) is 12.9. The maximum absolute atomic E-state index is 5.37. The smallest absolute Gasteiger partial charge is 0.130 e. The molecule has 0 aromatic rings. The minimum atomic E-state index is 0.437. The van der Waals surface area contributed by atoms with Crippen LogP contribution in [-0.2, 0) is 0 Å². The molecule has 0 atom stereocenters. The Balaban J connectivity index is 0. The summed E-state index contributed by atoms with van der Waals surface area (Å²) in [6.45, 7) is 7.93. The van der Waals surface area contributed by atoms with Crippen molar-refractivity contribution in [2.75, 3.05) is 6.54 Å². The summed E-state index contributed by atoms with van der Waals surface area (Å²) in [5.74, 6) is 0. The number of nitrogens with one attached hydrogen (secondary N) is 1. The second-order valence-corrected chi connectivity index (χ2v) is 2.87. The second kappa shape index (κ2) is 9.27. The number of rotatable bonds is 2. The molecule has 0 radical (unpaired) electrons. The fourth-order valence-electron chi connectivity index (χ4n) is 0.172. The lowest BCUT2D eigenvalue weighted by molar-refractivity contribution is 1.07. The highest BCUT2D eigenvalue weighted by molar-refractivity contribution is 8.11. The summed E-state index contributed by atoms with van der Waals surface area (Å²) in [7, 11) is 0. The van der Waals surface area contributed by atoms with Crippen LogP contribution in [0.15, 0.2) is 11.6 Å². The second-order valence-electron chi connectivity index (χ2n) is 1.18. The van der Waals surface area contributed by atoms with E-state index in [1.807, 2.05) is 13.8 Å². The van der Waals surface area contributed by atoms with Gasteiger partial charge in [0, 0.05) is 5.03 Å². The standard InChI is InChI=1S/C4H6ClNS2.C2H6/c1-3(5)2-6-4(7)8;1-2/h1-2H2,(H2,6,7,8);1-2H3. The van der Waals surface area contributed by atoms with Crippen molar-refractivity contribution in [2.24, 2.45) is 0 Å². The zero-order chi connectivity index (χ0) is 8.57. The van der Waals surface area contributed by atoms with Crippen molar-refractivity contribution in [3.8, 4) is 0 Å². The number of halogens is 1. The molecule has 0 amide bonds. The van der Waals surface area contributed by atoms with E-state index in [0.29, 0.717) is 15.9 Å². The molecule has 0 aromatic carbocycles. The SMILES string of the molecule is C=C(Cl)CNC(=S)S.CC. The van der Waals surface area contributed by atoms with Gasteiger partial charge in [-0.2, -0.15) is 0 Å². The average Bonchev–Trinajstić information content (AvgIpc) is 1.89. The van der Waals surface area contributed by atoms with Crippen LogP contribution in [0.25, 0.3) is 0 Å². The predicted octanol–water partition coefficient (Wildman–Crippen LogP) is 2.57. The lowest BCUT2D eigenvalue weighted by atomic mass is 10.6. The fourth-order valence-corrected chi connectivity index (χ4v) is 0.390. The molecule has 0 bridgehead atoms. The van der Waals surface area contributed by atoms with Gasteiger partial charge in [0.1, 0.15) is 4.32 Å². The summed E-state index contributed by atoms with van der Waals surface area (Å²) in [5.41, 5.74) is 0. The Morgan fingerprint density at radius 3 is 2.20 bits per heavy atom. The third kappa shape index (κ3) is 15.7. The molecule has 0 rings (SSSR count). The highest BCUT2D eigenvalue weighted by Gasteiger charge is 1.86. The number of hydrogen-bond donors (Lipinski definition) is 2. The molecule has 1 nitrogen and oxygen atoms in total. The molecule has 4 heteroatoms. The maximum atomic E-state index is 5.37. The molecular formula is C6H12ClNS2. The van der Waals surface area contributed by atoms with Crippen molar-refractivity contribution in [3.63, 3.8) is 0 Å². The van der Waals surface area contributed by atoms with Crippen molar-refractivity contribution >= 4 is 40.8 Å². The normalized spacial score (nSPS) is 7.20. The Hall–Kier alpha value is 0.270. The first-order valence-electron chi connectivity index (χ1n) is 2.93. The van der Waals surface area contributed by atoms with Crippen LogP contribution in [0.4, 0.5) is 0 Å². The first-order chi connectivity index (χ1) is 4.63. The molecule has 0 fully saturated rings. The van der Waals surface area contributed by atoms with E-state index in [-0.39, 0.29) is 0 Å². The van der Waals surface area contributed by atoms with Gasteiger partial charge in [-0.1, -0.05) is 44.2 Å². The van der Waals surface area contributed by atoms with Crippen molar-refractivity contribution in [2.45, 2.75) is 13.8 Å². The molecule has 0 aromatic heterocycles. The van der Waals surface area contributed by atoms with E-state index in [2.05, 4.69) is 36.7 Å². The zero-order valence-corrected chi connectivity index (χ0v) is 8.61. The number of hydrogen-bond acceptors (Lipinski definition) is 1. The molecule has 0 aliphatic heterocycles. The molecular weight excluding hydrogens is 186 g/mol. The fraction of sp³-hybridized carbons (Fsp3) is 0.500. The molecule has 0 aliphatic rings. The van der Waals surface area contributed by atoms with Gasteiger partial charge in [0.15, 0.2) is 0 Å². The minimum Gasteiger partial charge on any atom is -0.366 e. The largest absolute Gasteiger partial charge is 0.366 e. The number of thiocarbonyl (C=S) groups is 1. The molecule has 0 unspecified atom stereocenters. The maximum Gasteiger partial charge on any atom is 0.130 e. The van der Waals surface area contributed by atoms with Crippen LogP contribution in [0.1, 0.15) is 13.8 Å². The molecule has 0 saturated heterocycles. The average molecular weight is 198 g/mol. The summed E-state index contributed by atoms with van der Waals surface area (Å²) in [6, 6.07) is 0. The molecule has 10 heavy (non-hydrogen) atoms. The first-order valence-corrected chi connectivity index (χ1v) is 4.16. The molecule has 0 heterocycles. The lowest BCUT2D eigenvalue weighted by Crippen LogP contribution is -2.17. The van der Waals surface area contributed by atoms with Gasteiger partial charge in [0.05, 0.1) is 6.54 Å². The zero-order valence-electron chi connectivity index (χ0n) is 6.15. The van der Waals surface area contributed by atoms with Gasteiger partial charge in [-0.15, -0.1) is 12.6 Å². The van der Waals surface area contributed by atoms with E-state index in [4.69, 9.17) is 11.6 Å². The molecule has 0 spiro atoms. The topological polar surface area (TPSA) is 12.0 Å². The quantitative estimate of drug-likeness (QED) is 0.522. The summed E-state index contributed by atoms with van der Waals surface area (Å²) in [5, 5.41) is 3.24. The van der Waals surface area contributed by atoms with Crippen LogP contribution in [0, 0.1) is 0 Å². The van der Waals surface area contributed by atoms with Crippen LogP contribution in [-0.4, -0.2) is 10.9 Å². The van der Waals surface area contributed by atoms with E-state index in [1.165, 1.54) is 0 Å². The third-order valence-corrected chi connectivity index (χ3v) is 0.868. The predicted molar refractivity (Wildman–Crippen MR) is 55.9 cm³/mol. The highest BCUT2D eigenvalue weighted by atomic mass is 35.5. The van der Waals surface area contributed by atoms with Crippen LogP contribution in [0.3, 0.4) is 0 Å². The molecule has 60 valence electrons. The van der Waals surface area contributed by atoms with Crippen molar-refractivity contribution in [3.05, 3.63) is 11.6 Å². The Bertz CT molecular complexity index is 100. The van der Waals surface area contributed by atoms with Gasteiger partial charge in [0.25, 0.3) is 0 Å². The van der Waals surface area contributed by atoms with Crippen LogP contribution in [0.5, 0.6) is 0 Å².